The summed E-state index contributed by atoms with van der Waals surface area (Å²) in [4.78, 5) is 44.0. The average molecular weight is 311 g/mol. The molecule has 0 saturated carbocycles. The van der Waals surface area contributed by atoms with Crippen LogP contribution < -0.4 is 16.3 Å². The lowest BCUT2D eigenvalue weighted by atomic mass is 10.2. The highest BCUT2D eigenvalue weighted by atomic mass is 16.2. The number of amides is 2. The van der Waals surface area contributed by atoms with Crippen molar-refractivity contribution in [3.8, 4) is 0 Å². The summed E-state index contributed by atoms with van der Waals surface area (Å²) in [6, 6.07) is 8.01. The molecular formula is C15H13N5O3. The van der Waals surface area contributed by atoms with Crippen molar-refractivity contribution in [2.45, 2.75) is 0 Å². The summed E-state index contributed by atoms with van der Waals surface area (Å²) in [6.45, 7) is 0. The zero-order valence-electron chi connectivity index (χ0n) is 12.1. The predicted molar refractivity (Wildman–Crippen MR) is 84.5 cm³/mol. The molecule has 23 heavy (non-hydrogen) atoms. The third kappa shape index (κ3) is 2.95. The van der Waals surface area contributed by atoms with Crippen LogP contribution in [0.25, 0.3) is 11.0 Å². The van der Waals surface area contributed by atoms with E-state index < -0.39 is 0 Å². The van der Waals surface area contributed by atoms with Gasteiger partial charge in [-0.1, -0.05) is 0 Å². The Labute approximate surface area is 129 Å². The Morgan fingerprint density at radius 3 is 2.52 bits per heavy atom. The second-order valence-corrected chi connectivity index (χ2v) is 4.80. The van der Waals surface area contributed by atoms with Gasteiger partial charge in [-0.25, -0.2) is 4.79 Å². The second kappa shape index (κ2) is 5.76. The Morgan fingerprint density at radius 2 is 1.83 bits per heavy atom. The Bertz CT molecular complexity index is 940. The number of carbonyl (C=O) groups is 2. The molecule has 8 nitrogen and oxygen atoms in total. The first-order valence-electron chi connectivity index (χ1n) is 6.78. The van der Waals surface area contributed by atoms with E-state index in [0.717, 1.165) is 0 Å². The molecule has 3 aromatic rings. The topological polar surface area (TPSA) is 120 Å². The normalized spacial score (nSPS) is 10.5. The minimum Gasteiger partial charge on any atom is -0.354 e. The molecule has 1 aromatic carbocycles. The van der Waals surface area contributed by atoms with Crippen LogP contribution in [-0.4, -0.2) is 33.8 Å². The average Bonchev–Trinajstić information content (AvgIpc) is 2.93. The highest BCUT2D eigenvalue weighted by molar-refractivity contribution is 6.05. The summed E-state index contributed by atoms with van der Waals surface area (Å²) in [5, 5.41) is 5.16. The smallest absolute Gasteiger partial charge is 0.323 e. The van der Waals surface area contributed by atoms with E-state index >= 15 is 0 Å². The van der Waals surface area contributed by atoms with Gasteiger partial charge in [-0.15, -0.1) is 0 Å². The molecule has 0 radical (unpaired) electrons. The zero-order valence-corrected chi connectivity index (χ0v) is 12.1. The van der Waals surface area contributed by atoms with Crippen molar-refractivity contribution < 1.29 is 9.59 Å². The van der Waals surface area contributed by atoms with E-state index in [1.165, 1.54) is 25.4 Å². The fourth-order valence-corrected chi connectivity index (χ4v) is 2.10. The van der Waals surface area contributed by atoms with E-state index in [1.807, 2.05) is 0 Å². The summed E-state index contributed by atoms with van der Waals surface area (Å²) >= 11 is 0. The number of H-pyrrole nitrogens is 2. The molecule has 2 aromatic heterocycles. The van der Waals surface area contributed by atoms with Gasteiger partial charge in [-0.2, -0.15) is 0 Å². The van der Waals surface area contributed by atoms with Crippen molar-refractivity contribution in [1.29, 1.82) is 0 Å². The molecule has 0 atom stereocenters. The van der Waals surface area contributed by atoms with E-state index in [-0.39, 0.29) is 23.2 Å². The number of aromatic nitrogens is 3. The molecular weight excluding hydrogens is 298 g/mol. The summed E-state index contributed by atoms with van der Waals surface area (Å²) in [5.41, 5.74) is 2.03. The van der Waals surface area contributed by atoms with Gasteiger partial charge in [0.25, 0.3) is 11.8 Å². The second-order valence-electron chi connectivity index (χ2n) is 4.80. The van der Waals surface area contributed by atoms with Crippen LogP contribution in [0.5, 0.6) is 0 Å². The number of hydrogen-bond donors (Lipinski definition) is 4. The molecule has 0 saturated heterocycles. The highest BCUT2D eigenvalue weighted by Crippen LogP contribution is 2.15. The molecule has 2 amide bonds. The van der Waals surface area contributed by atoms with Crippen LogP contribution in [0.15, 0.2) is 41.3 Å². The third-order valence-electron chi connectivity index (χ3n) is 3.26. The Balaban J connectivity index is 1.79. The molecule has 116 valence electrons. The molecule has 4 N–H and O–H groups in total. The molecule has 2 heterocycles. The van der Waals surface area contributed by atoms with E-state index in [2.05, 4.69) is 25.6 Å². The number of nitrogens with zero attached hydrogens (tertiary/aromatic N) is 1. The SMILES string of the molecule is CNC(=O)c1ccc(C(=O)Nc2ccc3[nH]c(=O)[nH]c3c2)cn1. The van der Waals surface area contributed by atoms with Gasteiger partial charge < -0.3 is 20.6 Å². The number of anilines is 1. The molecule has 0 fully saturated rings. The zero-order chi connectivity index (χ0) is 16.4. The molecule has 0 unspecified atom stereocenters. The minimum absolute atomic E-state index is 0.232. The van der Waals surface area contributed by atoms with Crippen molar-refractivity contribution in [2.75, 3.05) is 12.4 Å². The Kier molecular flexibility index (Phi) is 3.63. The van der Waals surface area contributed by atoms with Crippen molar-refractivity contribution >= 4 is 28.5 Å². The van der Waals surface area contributed by atoms with Crippen LogP contribution in [0.4, 0.5) is 5.69 Å². The van der Waals surface area contributed by atoms with Gasteiger partial charge in [0.05, 0.1) is 16.6 Å². The molecule has 0 aliphatic heterocycles. The first kappa shape index (κ1) is 14.5. The van der Waals surface area contributed by atoms with Crippen LogP contribution in [0.3, 0.4) is 0 Å². The van der Waals surface area contributed by atoms with Crippen LogP contribution in [0.2, 0.25) is 0 Å². The molecule has 0 bridgehead atoms. The summed E-state index contributed by atoms with van der Waals surface area (Å²) in [5.74, 6) is -0.683. The maximum atomic E-state index is 12.2. The number of aromatic amines is 2. The first-order chi connectivity index (χ1) is 11.1. The number of fused-ring (bicyclic) bond motifs is 1. The van der Waals surface area contributed by atoms with Crippen LogP contribution in [0.1, 0.15) is 20.8 Å². The quantitative estimate of drug-likeness (QED) is 0.573. The van der Waals surface area contributed by atoms with Crippen molar-refractivity contribution in [3.63, 3.8) is 0 Å². The molecule has 0 aliphatic carbocycles. The summed E-state index contributed by atoms with van der Waals surface area (Å²) in [7, 11) is 1.51. The predicted octanol–water partition coefficient (Wildman–Crippen LogP) is 0.863. The van der Waals surface area contributed by atoms with Gasteiger partial charge in [-0.05, 0) is 30.3 Å². The molecule has 8 heteroatoms. The maximum absolute atomic E-state index is 12.2. The fraction of sp³-hybridized carbons (Fsp3) is 0.0667. The first-order valence-corrected chi connectivity index (χ1v) is 6.78. The Morgan fingerprint density at radius 1 is 1.04 bits per heavy atom. The third-order valence-corrected chi connectivity index (χ3v) is 3.26. The van der Waals surface area contributed by atoms with Crippen LogP contribution >= 0.6 is 0 Å². The fourth-order valence-electron chi connectivity index (χ4n) is 2.10. The van der Waals surface area contributed by atoms with E-state index in [1.54, 1.807) is 18.2 Å². The lowest BCUT2D eigenvalue weighted by Crippen LogP contribution is -2.20. The summed E-state index contributed by atoms with van der Waals surface area (Å²) < 4.78 is 0. The van der Waals surface area contributed by atoms with Gasteiger partial charge in [0.2, 0.25) is 0 Å². The number of nitrogens with one attached hydrogen (secondary N) is 4. The van der Waals surface area contributed by atoms with Gasteiger partial charge in [-0.3, -0.25) is 14.6 Å². The van der Waals surface area contributed by atoms with Crippen molar-refractivity contribution in [1.82, 2.24) is 20.3 Å². The van der Waals surface area contributed by atoms with Gasteiger partial charge in [0.1, 0.15) is 5.69 Å². The van der Waals surface area contributed by atoms with Crippen LogP contribution in [-0.2, 0) is 0 Å². The monoisotopic (exact) mass is 311 g/mol. The number of imidazole rings is 1. The number of hydrogen-bond acceptors (Lipinski definition) is 4. The maximum Gasteiger partial charge on any atom is 0.323 e. The highest BCUT2D eigenvalue weighted by Gasteiger charge is 2.10. The number of rotatable bonds is 3. The van der Waals surface area contributed by atoms with Crippen molar-refractivity contribution in [3.05, 3.63) is 58.3 Å². The van der Waals surface area contributed by atoms with Gasteiger partial charge in [0, 0.05) is 18.9 Å². The lowest BCUT2D eigenvalue weighted by Gasteiger charge is -2.06. The van der Waals surface area contributed by atoms with E-state index in [4.69, 9.17) is 0 Å². The summed E-state index contributed by atoms with van der Waals surface area (Å²) in [6.07, 6.45) is 1.33. The number of benzene rings is 1. The van der Waals surface area contributed by atoms with Gasteiger partial charge >= 0.3 is 5.69 Å². The minimum atomic E-state index is -0.363. The number of pyridine rings is 1. The number of carbonyl (C=O) groups excluding carboxylic acids is 2. The van der Waals surface area contributed by atoms with Crippen LogP contribution in [0, 0.1) is 0 Å². The van der Waals surface area contributed by atoms with Gasteiger partial charge in [0.15, 0.2) is 0 Å². The standard InChI is InChI=1S/C15H13N5O3/c1-16-14(22)11-4-2-8(7-17-11)13(21)18-9-3-5-10-12(6-9)20-15(23)19-10/h2-7H,1H3,(H,16,22)(H,18,21)(H2,19,20,23). The molecule has 3 rings (SSSR count). The molecule has 0 spiro atoms. The van der Waals surface area contributed by atoms with E-state index in [0.29, 0.717) is 22.3 Å². The van der Waals surface area contributed by atoms with Crippen molar-refractivity contribution in [2.24, 2.45) is 0 Å². The Hall–Kier alpha value is -3.42. The van der Waals surface area contributed by atoms with E-state index in [9.17, 15) is 14.4 Å². The largest absolute Gasteiger partial charge is 0.354 e. The lowest BCUT2D eigenvalue weighted by molar-refractivity contribution is 0.0955. The molecule has 0 aliphatic rings.